The van der Waals surface area contributed by atoms with Crippen molar-refractivity contribution in [2.45, 2.75) is 6.92 Å². The zero-order chi connectivity index (χ0) is 2.71. The van der Waals surface area contributed by atoms with E-state index >= 15 is 0 Å². The molecule has 0 saturated heterocycles. The summed E-state index contributed by atoms with van der Waals surface area (Å²) in [6, 6.07) is 0. The predicted molar refractivity (Wildman–Crippen MR) is 11.1 cm³/mol. The first kappa shape index (κ1) is 8.82. The fraction of sp³-hybridized carbons (Fsp3) is 0.500. The van der Waals surface area contributed by atoms with Gasteiger partial charge in [-0.25, -0.2) is 0 Å². The SMILES string of the molecule is C[CH-]F.[Li+]. The van der Waals surface area contributed by atoms with Gasteiger partial charge in [-0.2, -0.15) is 13.6 Å². The van der Waals surface area contributed by atoms with Gasteiger partial charge in [0.05, 0.1) is 0 Å². The van der Waals surface area contributed by atoms with Gasteiger partial charge in [-0.1, -0.05) is 0 Å². The number of rotatable bonds is 0. The van der Waals surface area contributed by atoms with E-state index in [-0.39, 0.29) is 18.9 Å². The first-order valence-corrected chi connectivity index (χ1v) is 0.796. The van der Waals surface area contributed by atoms with E-state index in [1.54, 1.807) is 0 Å². The van der Waals surface area contributed by atoms with Gasteiger partial charge in [-0.3, -0.25) is 0 Å². The summed E-state index contributed by atoms with van der Waals surface area (Å²) in [5, 5.41) is 0. The van der Waals surface area contributed by atoms with Crippen molar-refractivity contribution in [3.05, 3.63) is 6.67 Å². The molecule has 0 spiro atoms. The molecule has 0 amide bonds. The van der Waals surface area contributed by atoms with E-state index in [9.17, 15) is 4.39 Å². The zero-order valence-corrected chi connectivity index (χ0v) is 2.96. The fourth-order valence-electron chi connectivity index (χ4n) is 0. The van der Waals surface area contributed by atoms with Gasteiger partial charge in [0.1, 0.15) is 0 Å². The Labute approximate surface area is 37.6 Å². The standard InChI is InChI=1S/C2H4F.Li/c1-2-3;/h2H,1H3;/q-1;+1. The van der Waals surface area contributed by atoms with E-state index in [2.05, 4.69) is 0 Å². The van der Waals surface area contributed by atoms with Crippen molar-refractivity contribution >= 4 is 0 Å². The Morgan fingerprint density at radius 2 is 1.75 bits per heavy atom. The zero-order valence-electron chi connectivity index (χ0n) is 2.96. The second-order valence-corrected chi connectivity index (χ2v) is 0.218. The molecular weight excluding hydrogens is 50.0 g/mol. The van der Waals surface area contributed by atoms with E-state index in [0.717, 1.165) is 0 Å². The number of hydrogen-bond acceptors (Lipinski definition) is 0. The number of halogens is 1. The van der Waals surface area contributed by atoms with Crippen LogP contribution in [0, 0.1) is 6.67 Å². The van der Waals surface area contributed by atoms with Crippen molar-refractivity contribution in [1.82, 2.24) is 0 Å². The van der Waals surface area contributed by atoms with Gasteiger partial charge in [0.15, 0.2) is 0 Å². The predicted octanol–water partition coefficient (Wildman–Crippen LogP) is -1.86. The summed E-state index contributed by atoms with van der Waals surface area (Å²) in [4.78, 5) is 0. The minimum absolute atomic E-state index is 0. The van der Waals surface area contributed by atoms with Gasteiger partial charge in [-0.15, -0.1) is 0 Å². The van der Waals surface area contributed by atoms with Gasteiger partial charge in [0.25, 0.3) is 0 Å². The van der Waals surface area contributed by atoms with E-state index in [0.29, 0.717) is 6.67 Å². The topological polar surface area (TPSA) is 0 Å². The Hall–Kier alpha value is 0.527. The first-order chi connectivity index (χ1) is 1.41. The van der Waals surface area contributed by atoms with Gasteiger partial charge in [-0.05, 0) is 0 Å². The van der Waals surface area contributed by atoms with Crippen LogP contribution in [-0.4, -0.2) is 0 Å². The van der Waals surface area contributed by atoms with Crippen LogP contribution in [0.1, 0.15) is 6.92 Å². The molecule has 0 radical (unpaired) electrons. The summed E-state index contributed by atoms with van der Waals surface area (Å²) < 4.78 is 10.2. The largest absolute Gasteiger partial charge is 1.00 e. The molecule has 0 heterocycles. The molecule has 0 rings (SSSR count). The second-order valence-electron chi connectivity index (χ2n) is 0.218. The Kier molecular flexibility index (Phi) is 21.3. The Morgan fingerprint density at radius 3 is 1.75 bits per heavy atom. The third kappa shape index (κ3) is 21.2. The minimum atomic E-state index is 0. The van der Waals surface area contributed by atoms with E-state index in [1.165, 1.54) is 6.92 Å². The maximum absolute atomic E-state index is 10.2. The van der Waals surface area contributed by atoms with E-state index < -0.39 is 0 Å². The van der Waals surface area contributed by atoms with Crippen LogP contribution >= 0.6 is 0 Å². The van der Waals surface area contributed by atoms with Crippen LogP contribution in [0.4, 0.5) is 4.39 Å². The van der Waals surface area contributed by atoms with Crippen LogP contribution in [0.3, 0.4) is 0 Å². The van der Waals surface area contributed by atoms with Gasteiger partial charge in [0, 0.05) is 0 Å². The van der Waals surface area contributed by atoms with Gasteiger partial charge >= 0.3 is 18.9 Å². The normalized spacial score (nSPS) is 4.50. The molecule has 0 saturated carbocycles. The summed E-state index contributed by atoms with van der Waals surface area (Å²) in [6.45, 7) is 1.83. The van der Waals surface area contributed by atoms with Crippen molar-refractivity contribution in [3.63, 3.8) is 0 Å². The Balaban J connectivity index is 0. The smallest absolute Gasteiger partial charge is 0.460 e. The van der Waals surface area contributed by atoms with Crippen molar-refractivity contribution in [2.75, 3.05) is 0 Å². The summed E-state index contributed by atoms with van der Waals surface area (Å²) in [5.74, 6) is 0. The second kappa shape index (κ2) is 9.66. The Morgan fingerprint density at radius 1 is 1.75 bits per heavy atom. The van der Waals surface area contributed by atoms with Crippen molar-refractivity contribution in [1.29, 1.82) is 0 Å². The maximum Gasteiger partial charge on any atom is 1.00 e. The molecule has 0 aliphatic carbocycles. The van der Waals surface area contributed by atoms with Crippen LogP contribution in [0.15, 0.2) is 0 Å². The third-order valence-corrected chi connectivity index (χ3v) is 0. The summed E-state index contributed by atoms with van der Waals surface area (Å²) in [7, 11) is 0. The molecule has 0 fully saturated rings. The van der Waals surface area contributed by atoms with E-state index in [4.69, 9.17) is 0 Å². The molecule has 0 bridgehead atoms. The van der Waals surface area contributed by atoms with Crippen molar-refractivity contribution < 1.29 is 23.3 Å². The van der Waals surface area contributed by atoms with Crippen molar-refractivity contribution in [2.24, 2.45) is 0 Å². The average Bonchev–Trinajstić information content (AvgIpc) is 0.918. The first-order valence-electron chi connectivity index (χ1n) is 0.796. The monoisotopic (exact) mass is 54.0 g/mol. The molecule has 0 unspecified atom stereocenters. The molecule has 0 aliphatic rings. The third-order valence-electron chi connectivity index (χ3n) is 0. The van der Waals surface area contributed by atoms with Crippen LogP contribution in [0.25, 0.3) is 0 Å². The molecule has 4 heavy (non-hydrogen) atoms. The molecular formula is C2H4FLi. The van der Waals surface area contributed by atoms with Crippen molar-refractivity contribution in [3.8, 4) is 0 Å². The van der Waals surface area contributed by atoms with E-state index in [1.807, 2.05) is 0 Å². The molecule has 0 N–H and O–H groups in total. The molecule has 2 heteroatoms. The minimum Gasteiger partial charge on any atom is -0.460 e. The van der Waals surface area contributed by atoms with Crippen LogP contribution in [-0.2, 0) is 0 Å². The van der Waals surface area contributed by atoms with Crippen LogP contribution in [0.5, 0.6) is 0 Å². The Bertz CT molecular complexity index is 6.00. The summed E-state index contributed by atoms with van der Waals surface area (Å²) in [6.07, 6.45) is 0. The summed E-state index contributed by atoms with van der Waals surface area (Å²) in [5.41, 5.74) is 0. The molecule has 0 aromatic heterocycles. The molecule has 0 aromatic carbocycles. The molecule has 20 valence electrons. The molecule has 0 aliphatic heterocycles. The van der Waals surface area contributed by atoms with Gasteiger partial charge < -0.3 is 4.39 Å². The maximum atomic E-state index is 10.2. The average molecular weight is 54.0 g/mol. The molecule has 0 nitrogen and oxygen atoms in total. The fourth-order valence-corrected chi connectivity index (χ4v) is 0. The van der Waals surface area contributed by atoms with Crippen LogP contribution in [0.2, 0.25) is 0 Å². The molecule has 0 atom stereocenters. The summed E-state index contributed by atoms with van der Waals surface area (Å²) >= 11 is 0. The van der Waals surface area contributed by atoms with Gasteiger partial charge in [0.2, 0.25) is 0 Å². The number of hydrogen-bond donors (Lipinski definition) is 0. The quantitative estimate of drug-likeness (QED) is 0.225. The van der Waals surface area contributed by atoms with Crippen LogP contribution < -0.4 is 18.9 Å². The molecule has 0 aromatic rings.